The van der Waals surface area contributed by atoms with E-state index in [0.717, 1.165) is 19.3 Å². The van der Waals surface area contributed by atoms with Gasteiger partial charge in [0, 0.05) is 17.1 Å². The van der Waals surface area contributed by atoms with Gasteiger partial charge in [-0.05, 0) is 12.8 Å². The van der Waals surface area contributed by atoms with Gasteiger partial charge in [0.05, 0.1) is 12.3 Å². The summed E-state index contributed by atoms with van der Waals surface area (Å²) in [7, 11) is 0. The summed E-state index contributed by atoms with van der Waals surface area (Å²) >= 11 is 0. The van der Waals surface area contributed by atoms with Crippen LogP contribution in [0.3, 0.4) is 0 Å². The summed E-state index contributed by atoms with van der Waals surface area (Å²) in [5.41, 5.74) is 0. The van der Waals surface area contributed by atoms with Crippen LogP contribution in [0.15, 0.2) is 12.2 Å². The van der Waals surface area contributed by atoms with Crippen LogP contribution in [0.5, 0.6) is 0 Å². The summed E-state index contributed by atoms with van der Waals surface area (Å²) in [6.07, 6.45) is 8.26. The summed E-state index contributed by atoms with van der Waals surface area (Å²) in [5.74, 6) is -3.06. The molecule has 0 aromatic rings. The molecule has 0 radical (unpaired) electrons. The van der Waals surface area contributed by atoms with Crippen LogP contribution in [0.1, 0.15) is 45.4 Å². The molecule has 0 bridgehead atoms. The van der Waals surface area contributed by atoms with Gasteiger partial charge >= 0.3 is 11.9 Å². The molecule has 0 heterocycles. The molecular weight excluding hydrogens is 264 g/mol. The first-order valence-electron chi connectivity index (χ1n) is 5.69. The normalized spacial score (nSPS) is 12.1. The molecule has 0 aliphatic heterocycles. The minimum Gasteiger partial charge on any atom is -0.481 e. The molecule has 0 aromatic carbocycles. The average molecular weight is 284 g/mol. The molecule has 4 nitrogen and oxygen atoms in total. The van der Waals surface area contributed by atoms with Crippen molar-refractivity contribution in [3.63, 3.8) is 0 Å². The van der Waals surface area contributed by atoms with Crippen molar-refractivity contribution >= 4 is 11.9 Å². The van der Waals surface area contributed by atoms with Gasteiger partial charge < -0.3 is 10.2 Å². The fraction of sp³-hybridized carbons (Fsp3) is 0.667. The number of carboxylic acid groups (broad SMARTS) is 2. The SMILES string of the molecule is CCCCCCC=CC(CC(=O)O)C(=O)O.[Fe]. The van der Waals surface area contributed by atoms with Gasteiger partial charge in [-0.3, -0.25) is 9.59 Å². The van der Waals surface area contributed by atoms with E-state index < -0.39 is 17.9 Å². The molecule has 0 saturated heterocycles. The van der Waals surface area contributed by atoms with E-state index in [2.05, 4.69) is 6.92 Å². The minimum absolute atomic E-state index is 0. The third-order valence-corrected chi connectivity index (χ3v) is 2.30. The third kappa shape index (κ3) is 11.5. The molecule has 100 valence electrons. The molecule has 0 saturated carbocycles. The van der Waals surface area contributed by atoms with Crippen molar-refractivity contribution in [3.8, 4) is 0 Å². The Hall–Kier alpha value is -0.801. The van der Waals surface area contributed by atoms with Gasteiger partial charge in [0.2, 0.25) is 0 Å². The summed E-state index contributed by atoms with van der Waals surface area (Å²) in [5, 5.41) is 17.3. The van der Waals surface area contributed by atoms with Gasteiger partial charge in [-0.25, -0.2) is 0 Å². The van der Waals surface area contributed by atoms with Crippen LogP contribution in [0, 0.1) is 5.92 Å². The molecule has 0 spiro atoms. The Bertz CT molecular complexity index is 251. The Morgan fingerprint density at radius 3 is 2.29 bits per heavy atom. The van der Waals surface area contributed by atoms with Crippen LogP contribution >= 0.6 is 0 Å². The molecular formula is C12H20FeO4. The largest absolute Gasteiger partial charge is 0.481 e. The van der Waals surface area contributed by atoms with Crippen molar-refractivity contribution in [2.75, 3.05) is 0 Å². The predicted octanol–water partition coefficient (Wildman–Crippen LogP) is 2.69. The molecule has 1 unspecified atom stereocenters. The van der Waals surface area contributed by atoms with Crippen molar-refractivity contribution in [3.05, 3.63) is 12.2 Å². The van der Waals surface area contributed by atoms with Crippen molar-refractivity contribution in [1.82, 2.24) is 0 Å². The van der Waals surface area contributed by atoms with Crippen LogP contribution in [-0.4, -0.2) is 22.2 Å². The van der Waals surface area contributed by atoms with Gasteiger partial charge in [0.15, 0.2) is 0 Å². The van der Waals surface area contributed by atoms with Crippen LogP contribution in [-0.2, 0) is 26.7 Å². The number of unbranched alkanes of at least 4 members (excludes halogenated alkanes) is 4. The summed E-state index contributed by atoms with van der Waals surface area (Å²) in [4.78, 5) is 21.1. The van der Waals surface area contributed by atoms with E-state index in [1.807, 2.05) is 0 Å². The first-order valence-corrected chi connectivity index (χ1v) is 5.69. The molecule has 17 heavy (non-hydrogen) atoms. The summed E-state index contributed by atoms with van der Waals surface area (Å²) < 4.78 is 0. The number of rotatable bonds is 9. The predicted molar refractivity (Wildman–Crippen MR) is 61.3 cm³/mol. The van der Waals surface area contributed by atoms with E-state index in [1.54, 1.807) is 6.08 Å². The summed E-state index contributed by atoms with van der Waals surface area (Å²) in [6.45, 7) is 2.13. The Morgan fingerprint density at radius 1 is 1.18 bits per heavy atom. The number of carboxylic acids is 2. The Labute approximate surface area is 113 Å². The molecule has 0 rings (SSSR count). The third-order valence-electron chi connectivity index (χ3n) is 2.30. The zero-order valence-corrected chi connectivity index (χ0v) is 11.1. The number of hydrogen-bond donors (Lipinski definition) is 2. The fourth-order valence-electron chi connectivity index (χ4n) is 1.38. The van der Waals surface area contributed by atoms with Gasteiger partial charge in [-0.2, -0.15) is 0 Å². The minimum atomic E-state index is -1.08. The molecule has 0 amide bonds. The Balaban J connectivity index is 0. The maximum atomic E-state index is 10.7. The fourth-order valence-corrected chi connectivity index (χ4v) is 1.38. The number of carbonyl (C=O) groups is 2. The maximum Gasteiger partial charge on any atom is 0.310 e. The second-order valence-electron chi connectivity index (χ2n) is 3.82. The van der Waals surface area contributed by atoms with Crippen molar-refractivity contribution in [2.45, 2.75) is 45.4 Å². The Morgan fingerprint density at radius 2 is 1.82 bits per heavy atom. The van der Waals surface area contributed by atoms with Crippen molar-refractivity contribution in [2.24, 2.45) is 5.92 Å². The molecule has 0 aliphatic carbocycles. The van der Waals surface area contributed by atoms with E-state index in [9.17, 15) is 9.59 Å². The van der Waals surface area contributed by atoms with Crippen LogP contribution < -0.4 is 0 Å². The van der Waals surface area contributed by atoms with Crippen LogP contribution in [0.2, 0.25) is 0 Å². The second kappa shape index (κ2) is 11.7. The van der Waals surface area contributed by atoms with E-state index in [-0.39, 0.29) is 23.5 Å². The first-order chi connectivity index (χ1) is 7.57. The average Bonchev–Trinajstić information content (AvgIpc) is 2.20. The van der Waals surface area contributed by atoms with Gasteiger partial charge in [0.1, 0.15) is 0 Å². The molecule has 0 aromatic heterocycles. The van der Waals surface area contributed by atoms with E-state index in [4.69, 9.17) is 10.2 Å². The maximum absolute atomic E-state index is 10.7. The van der Waals surface area contributed by atoms with E-state index >= 15 is 0 Å². The second-order valence-corrected chi connectivity index (χ2v) is 3.82. The smallest absolute Gasteiger partial charge is 0.310 e. The quantitative estimate of drug-likeness (QED) is 0.388. The van der Waals surface area contributed by atoms with E-state index in [1.165, 1.54) is 18.9 Å². The number of hydrogen-bond acceptors (Lipinski definition) is 2. The molecule has 0 aliphatic rings. The first kappa shape index (κ1) is 18.6. The summed E-state index contributed by atoms with van der Waals surface area (Å²) in [6, 6.07) is 0. The van der Waals surface area contributed by atoms with Crippen LogP contribution in [0.25, 0.3) is 0 Å². The topological polar surface area (TPSA) is 74.6 Å². The molecule has 5 heteroatoms. The molecule has 0 fully saturated rings. The van der Waals surface area contributed by atoms with Crippen molar-refractivity contribution in [1.29, 1.82) is 0 Å². The number of aliphatic carboxylic acids is 2. The zero-order chi connectivity index (χ0) is 12.4. The van der Waals surface area contributed by atoms with Gasteiger partial charge in [-0.15, -0.1) is 0 Å². The zero-order valence-electron chi connectivity index (χ0n) is 10.0. The Kier molecular flexibility index (Phi) is 12.8. The standard InChI is InChI=1S/C12H20O4.Fe/c1-2-3-4-5-6-7-8-10(12(15)16)9-11(13)14;/h7-8,10H,2-6,9H2,1H3,(H,13,14)(H,15,16);. The number of allylic oxidation sites excluding steroid dienone is 1. The van der Waals surface area contributed by atoms with Crippen LogP contribution in [0.4, 0.5) is 0 Å². The monoisotopic (exact) mass is 284 g/mol. The van der Waals surface area contributed by atoms with E-state index in [0.29, 0.717) is 0 Å². The molecule has 1 atom stereocenters. The van der Waals surface area contributed by atoms with Gasteiger partial charge in [0.25, 0.3) is 0 Å². The van der Waals surface area contributed by atoms with Gasteiger partial charge in [-0.1, -0.05) is 38.3 Å². The van der Waals surface area contributed by atoms with Crippen molar-refractivity contribution < 1.29 is 36.9 Å². The molecule has 2 N–H and O–H groups in total.